The third-order valence-corrected chi connectivity index (χ3v) is 6.85. The van der Waals surface area contributed by atoms with Gasteiger partial charge in [-0.15, -0.1) is 0 Å². The summed E-state index contributed by atoms with van der Waals surface area (Å²) in [6, 6.07) is 4.11. The highest BCUT2D eigenvalue weighted by Gasteiger charge is 2.38. The Balaban J connectivity index is 1.75. The standard InChI is InChI=1S/C17H22FN3O4S/c1-12-16(22)19-8-10-21(12)17(23)13-3-2-9-20(11-13)26(24,25)15-6-4-14(18)5-7-15/h4-7,12-13H,2-3,8-11H2,1H3,(H,19,22)/t12-,13+/m1/s1. The third kappa shape index (κ3) is 3.59. The molecule has 2 aliphatic heterocycles. The van der Waals surface area contributed by atoms with Crippen LogP contribution >= 0.6 is 0 Å². The number of halogens is 1. The van der Waals surface area contributed by atoms with Crippen LogP contribution in [0.25, 0.3) is 0 Å². The van der Waals surface area contributed by atoms with Crippen LogP contribution in [0.1, 0.15) is 19.8 Å². The van der Waals surface area contributed by atoms with Crippen LogP contribution in [0.15, 0.2) is 29.2 Å². The van der Waals surface area contributed by atoms with Gasteiger partial charge in [0.15, 0.2) is 0 Å². The van der Waals surface area contributed by atoms with Gasteiger partial charge in [-0.3, -0.25) is 9.59 Å². The van der Waals surface area contributed by atoms with Gasteiger partial charge in [0.1, 0.15) is 11.9 Å². The number of nitrogens with one attached hydrogen (secondary N) is 1. The van der Waals surface area contributed by atoms with Gasteiger partial charge in [-0.1, -0.05) is 0 Å². The highest BCUT2D eigenvalue weighted by Crippen LogP contribution is 2.26. The van der Waals surface area contributed by atoms with E-state index in [4.69, 9.17) is 0 Å². The zero-order valence-corrected chi connectivity index (χ0v) is 15.3. The monoisotopic (exact) mass is 383 g/mol. The molecule has 2 amide bonds. The van der Waals surface area contributed by atoms with Crippen LogP contribution in [-0.4, -0.2) is 61.7 Å². The van der Waals surface area contributed by atoms with Gasteiger partial charge in [-0.05, 0) is 44.0 Å². The van der Waals surface area contributed by atoms with Crippen LogP contribution in [0.3, 0.4) is 0 Å². The largest absolute Gasteiger partial charge is 0.353 e. The molecule has 0 aliphatic carbocycles. The average molecular weight is 383 g/mol. The number of piperidine rings is 1. The first kappa shape index (κ1) is 18.8. The summed E-state index contributed by atoms with van der Waals surface area (Å²) in [4.78, 5) is 26.2. The minimum Gasteiger partial charge on any atom is -0.353 e. The van der Waals surface area contributed by atoms with Crippen LogP contribution in [0.4, 0.5) is 4.39 Å². The molecule has 9 heteroatoms. The Morgan fingerprint density at radius 2 is 1.92 bits per heavy atom. The molecule has 7 nitrogen and oxygen atoms in total. The first-order valence-electron chi connectivity index (χ1n) is 8.64. The van der Waals surface area contributed by atoms with Crippen molar-refractivity contribution in [2.45, 2.75) is 30.7 Å². The highest BCUT2D eigenvalue weighted by atomic mass is 32.2. The molecule has 0 spiro atoms. The van der Waals surface area contributed by atoms with E-state index in [9.17, 15) is 22.4 Å². The second kappa shape index (κ2) is 7.32. The number of nitrogens with zero attached hydrogens (tertiary/aromatic N) is 2. The van der Waals surface area contributed by atoms with Crippen molar-refractivity contribution >= 4 is 21.8 Å². The molecule has 26 heavy (non-hydrogen) atoms. The van der Waals surface area contributed by atoms with Crippen LogP contribution in [0.5, 0.6) is 0 Å². The normalized spacial score (nSPS) is 25.0. The summed E-state index contributed by atoms with van der Waals surface area (Å²) >= 11 is 0. The Morgan fingerprint density at radius 3 is 2.62 bits per heavy atom. The predicted molar refractivity (Wildman–Crippen MR) is 92.1 cm³/mol. The molecule has 1 aromatic rings. The van der Waals surface area contributed by atoms with Gasteiger partial charge >= 0.3 is 0 Å². The zero-order valence-electron chi connectivity index (χ0n) is 14.5. The van der Waals surface area contributed by atoms with Crippen molar-refractivity contribution in [2.75, 3.05) is 26.2 Å². The number of rotatable bonds is 3. The first-order chi connectivity index (χ1) is 12.3. The predicted octanol–water partition coefficient (Wildman–Crippen LogP) is 0.573. The molecule has 142 valence electrons. The van der Waals surface area contributed by atoms with Crippen molar-refractivity contribution in [1.82, 2.24) is 14.5 Å². The number of hydrogen-bond donors (Lipinski definition) is 1. The summed E-state index contributed by atoms with van der Waals surface area (Å²) in [6.07, 6.45) is 1.14. The minimum absolute atomic E-state index is 0.0118. The number of hydrogen-bond acceptors (Lipinski definition) is 4. The van der Waals surface area contributed by atoms with E-state index in [2.05, 4.69) is 5.32 Å². The van der Waals surface area contributed by atoms with Gasteiger partial charge in [0.05, 0.1) is 10.8 Å². The van der Waals surface area contributed by atoms with E-state index in [0.717, 1.165) is 12.1 Å². The molecular weight excluding hydrogens is 361 g/mol. The highest BCUT2D eigenvalue weighted by molar-refractivity contribution is 7.89. The number of piperazine rings is 1. The van der Waals surface area contributed by atoms with Crippen molar-refractivity contribution in [3.05, 3.63) is 30.1 Å². The molecule has 0 unspecified atom stereocenters. The minimum atomic E-state index is -3.78. The van der Waals surface area contributed by atoms with Crippen LogP contribution in [-0.2, 0) is 19.6 Å². The van der Waals surface area contributed by atoms with E-state index in [0.29, 0.717) is 32.5 Å². The summed E-state index contributed by atoms with van der Waals surface area (Å²) < 4.78 is 39.9. The van der Waals surface area contributed by atoms with Gasteiger partial charge in [0.2, 0.25) is 21.8 Å². The van der Waals surface area contributed by atoms with Gasteiger partial charge in [-0.2, -0.15) is 4.31 Å². The van der Waals surface area contributed by atoms with E-state index >= 15 is 0 Å². The molecule has 0 radical (unpaired) electrons. The molecule has 2 heterocycles. The molecule has 2 aliphatic rings. The summed E-state index contributed by atoms with van der Waals surface area (Å²) in [6.45, 7) is 2.89. The zero-order chi connectivity index (χ0) is 18.9. The Hall–Kier alpha value is -2.00. The summed E-state index contributed by atoms with van der Waals surface area (Å²) in [5.74, 6) is -1.37. The summed E-state index contributed by atoms with van der Waals surface area (Å²) in [5, 5.41) is 2.71. The fourth-order valence-corrected chi connectivity index (χ4v) is 4.96. The van der Waals surface area contributed by atoms with Crippen molar-refractivity contribution in [3.8, 4) is 0 Å². The molecule has 2 saturated heterocycles. The van der Waals surface area contributed by atoms with Crippen LogP contribution in [0.2, 0.25) is 0 Å². The van der Waals surface area contributed by atoms with Gasteiger partial charge in [0, 0.05) is 26.2 Å². The van der Waals surface area contributed by atoms with Crippen LogP contribution < -0.4 is 5.32 Å². The summed E-state index contributed by atoms with van der Waals surface area (Å²) in [7, 11) is -3.78. The molecular formula is C17H22FN3O4S. The number of sulfonamides is 1. The maximum absolute atomic E-state index is 13.1. The number of amides is 2. The molecule has 1 aromatic carbocycles. The van der Waals surface area contributed by atoms with E-state index in [1.54, 1.807) is 6.92 Å². The maximum atomic E-state index is 13.1. The number of carbonyl (C=O) groups is 2. The molecule has 0 saturated carbocycles. The summed E-state index contributed by atoms with van der Waals surface area (Å²) in [5.41, 5.74) is 0. The molecule has 0 bridgehead atoms. The van der Waals surface area contributed by atoms with E-state index in [1.807, 2.05) is 0 Å². The SMILES string of the molecule is C[C@@H]1C(=O)NCCN1C(=O)[C@H]1CCCN(S(=O)(=O)c2ccc(F)cc2)C1. The lowest BCUT2D eigenvalue weighted by Gasteiger charge is -2.38. The molecule has 1 N–H and O–H groups in total. The smallest absolute Gasteiger partial charge is 0.243 e. The van der Waals surface area contributed by atoms with E-state index < -0.39 is 27.8 Å². The number of carbonyl (C=O) groups excluding carboxylic acids is 2. The van der Waals surface area contributed by atoms with E-state index in [-0.39, 0.29) is 23.3 Å². The lowest BCUT2D eigenvalue weighted by atomic mass is 9.97. The topological polar surface area (TPSA) is 86.8 Å². The first-order valence-corrected chi connectivity index (χ1v) is 10.1. The maximum Gasteiger partial charge on any atom is 0.243 e. The van der Waals surface area contributed by atoms with Crippen molar-refractivity contribution in [1.29, 1.82) is 0 Å². The van der Waals surface area contributed by atoms with Gasteiger partial charge < -0.3 is 10.2 Å². The fourth-order valence-electron chi connectivity index (χ4n) is 3.44. The number of benzene rings is 1. The Morgan fingerprint density at radius 1 is 1.23 bits per heavy atom. The second-order valence-electron chi connectivity index (χ2n) is 6.65. The van der Waals surface area contributed by atoms with Gasteiger partial charge in [0.25, 0.3) is 0 Å². The molecule has 0 aromatic heterocycles. The van der Waals surface area contributed by atoms with Gasteiger partial charge in [-0.25, -0.2) is 12.8 Å². The quantitative estimate of drug-likeness (QED) is 0.827. The second-order valence-corrected chi connectivity index (χ2v) is 8.59. The molecule has 3 rings (SSSR count). The Kier molecular flexibility index (Phi) is 5.29. The van der Waals surface area contributed by atoms with Crippen LogP contribution in [0, 0.1) is 11.7 Å². The lowest BCUT2D eigenvalue weighted by Crippen LogP contribution is -2.58. The van der Waals surface area contributed by atoms with E-state index in [1.165, 1.54) is 21.3 Å². The molecule has 2 fully saturated rings. The fraction of sp³-hybridized carbons (Fsp3) is 0.529. The molecule has 2 atom stereocenters. The third-order valence-electron chi connectivity index (χ3n) is 4.97. The lowest BCUT2D eigenvalue weighted by molar-refractivity contribution is -0.146. The van der Waals surface area contributed by atoms with Crippen molar-refractivity contribution in [2.24, 2.45) is 5.92 Å². The Labute approximate surface area is 152 Å². The van der Waals surface area contributed by atoms with Crippen molar-refractivity contribution in [3.63, 3.8) is 0 Å². The average Bonchev–Trinajstić information content (AvgIpc) is 2.64. The Bertz CT molecular complexity index is 797. The van der Waals surface area contributed by atoms with Crippen molar-refractivity contribution < 1.29 is 22.4 Å².